The number of ether oxygens (including phenoxy) is 1. The molecule has 1 amide bonds. The van der Waals surface area contributed by atoms with Crippen molar-refractivity contribution in [3.8, 4) is 5.88 Å². The lowest BCUT2D eigenvalue weighted by Crippen LogP contribution is -2.30. The zero-order valence-electron chi connectivity index (χ0n) is 16.7. The van der Waals surface area contributed by atoms with Gasteiger partial charge in [0.25, 0.3) is 5.91 Å². The van der Waals surface area contributed by atoms with Crippen LogP contribution in [0.25, 0.3) is 11.0 Å². The molecule has 4 heterocycles. The molecule has 1 saturated heterocycles. The molecule has 0 saturated carbocycles. The highest BCUT2D eigenvalue weighted by Crippen LogP contribution is 2.23. The molecule has 29 heavy (non-hydrogen) atoms. The molecule has 4 rings (SSSR count). The Morgan fingerprint density at radius 2 is 2.21 bits per heavy atom. The van der Waals surface area contributed by atoms with Gasteiger partial charge in [0.2, 0.25) is 11.8 Å². The van der Waals surface area contributed by atoms with Gasteiger partial charge >= 0.3 is 0 Å². The van der Waals surface area contributed by atoms with E-state index in [0.29, 0.717) is 29.9 Å². The second kappa shape index (κ2) is 8.00. The van der Waals surface area contributed by atoms with Crippen molar-refractivity contribution in [2.24, 2.45) is 7.05 Å². The van der Waals surface area contributed by atoms with Crippen molar-refractivity contribution in [3.63, 3.8) is 0 Å². The van der Waals surface area contributed by atoms with Crippen LogP contribution in [-0.2, 0) is 7.05 Å². The summed E-state index contributed by atoms with van der Waals surface area (Å²) < 4.78 is 7.32. The summed E-state index contributed by atoms with van der Waals surface area (Å²) in [5.74, 6) is 0.499. The van der Waals surface area contributed by atoms with E-state index in [1.165, 1.54) is 6.20 Å². The summed E-state index contributed by atoms with van der Waals surface area (Å²) in [6.45, 7) is 3.94. The predicted molar refractivity (Wildman–Crippen MR) is 109 cm³/mol. The van der Waals surface area contributed by atoms with Gasteiger partial charge < -0.3 is 20.3 Å². The fourth-order valence-corrected chi connectivity index (χ4v) is 3.39. The van der Waals surface area contributed by atoms with Crippen LogP contribution in [0.4, 0.5) is 11.6 Å². The van der Waals surface area contributed by atoms with E-state index in [-0.39, 0.29) is 17.4 Å². The summed E-state index contributed by atoms with van der Waals surface area (Å²) in [4.78, 5) is 28.1. The van der Waals surface area contributed by atoms with Crippen LogP contribution in [0.15, 0.2) is 24.7 Å². The van der Waals surface area contributed by atoms with E-state index in [2.05, 4.69) is 35.6 Å². The summed E-state index contributed by atoms with van der Waals surface area (Å²) in [6, 6.07) is 2.23. The van der Waals surface area contributed by atoms with Crippen molar-refractivity contribution < 1.29 is 9.53 Å². The average molecular weight is 396 g/mol. The van der Waals surface area contributed by atoms with Gasteiger partial charge in [-0.25, -0.2) is 9.97 Å². The first-order valence-corrected chi connectivity index (χ1v) is 9.60. The van der Waals surface area contributed by atoms with Crippen molar-refractivity contribution in [3.05, 3.63) is 30.2 Å². The topological polar surface area (TPSA) is 110 Å². The molecule has 0 aromatic carbocycles. The van der Waals surface area contributed by atoms with Crippen LogP contribution in [0, 0.1) is 0 Å². The number of aryl methyl sites for hydroxylation is 1. The number of hydrogen-bond donors (Lipinski definition) is 2. The number of carbonyl (C=O) groups is 1. The van der Waals surface area contributed by atoms with E-state index >= 15 is 0 Å². The molecule has 3 aromatic rings. The van der Waals surface area contributed by atoms with E-state index in [1.54, 1.807) is 10.9 Å². The van der Waals surface area contributed by atoms with Gasteiger partial charge in [-0.15, -0.1) is 0 Å². The summed E-state index contributed by atoms with van der Waals surface area (Å²) in [5, 5.41) is 11.2. The number of carbonyl (C=O) groups excluding carboxylic acids is 1. The van der Waals surface area contributed by atoms with Crippen molar-refractivity contribution >= 4 is 28.6 Å². The molecular formula is C19H24N8O2. The lowest BCUT2D eigenvalue weighted by Gasteiger charge is -2.18. The number of amides is 1. The van der Waals surface area contributed by atoms with Crippen LogP contribution < -0.4 is 20.3 Å². The first-order valence-electron chi connectivity index (χ1n) is 9.60. The number of nitrogens with one attached hydrogen (secondary N) is 2. The first kappa shape index (κ1) is 19.1. The van der Waals surface area contributed by atoms with Gasteiger partial charge in [0.05, 0.1) is 18.5 Å². The molecule has 0 spiro atoms. The second-order valence-corrected chi connectivity index (χ2v) is 6.94. The minimum atomic E-state index is -0.348. The van der Waals surface area contributed by atoms with Gasteiger partial charge in [0.15, 0.2) is 5.65 Å². The Kier molecular flexibility index (Phi) is 5.26. The Morgan fingerprint density at radius 3 is 2.97 bits per heavy atom. The van der Waals surface area contributed by atoms with E-state index in [4.69, 9.17) is 4.74 Å². The minimum absolute atomic E-state index is 0.276. The summed E-state index contributed by atoms with van der Waals surface area (Å²) >= 11 is 0. The number of pyridine rings is 1. The van der Waals surface area contributed by atoms with Gasteiger partial charge in [0.1, 0.15) is 5.56 Å². The molecule has 1 aliphatic heterocycles. The fraction of sp³-hybridized carbons (Fsp3) is 0.421. The Bertz CT molecular complexity index is 1030. The number of aromatic nitrogens is 5. The molecule has 1 unspecified atom stereocenters. The molecular weight excluding hydrogens is 372 g/mol. The maximum absolute atomic E-state index is 12.8. The third-order valence-electron chi connectivity index (χ3n) is 4.88. The fourth-order valence-electron chi connectivity index (χ4n) is 3.39. The molecule has 1 atom stereocenters. The number of anilines is 2. The largest absolute Gasteiger partial charge is 0.477 e. The number of rotatable bonds is 6. The Hall–Kier alpha value is -3.27. The number of fused-ring (bicyclic) bond motifs is 1. The van der Waals surface area contributed by atoms with Crippen LogP contribution >= 0.6 is 0 Å². The average Bonchev–Trinajstić information content (AvgIpc) is 3.33. The van der Waals surface area contributed by atoms with Gasteiger partial charge in [-0.1, -0.05) is 0 Å². The third kappa shape index (κ3) is 3.97. The van der Waals surface area contributed by atoms with Gasteiger partial charge in [-0.05, 0) is 26.5 Å². The highest BCUT2D eigenvalue weighted by atomic mass is 16.5. The zero-order valence-corrected chi connectivity index (χ0v) is 16.7. The van der Waals surface area contributed by atoms with E-state index in [9.17, 15) is 4.79 Å². The van der Waals surface area contributed by atoms with E-state index in [1.807, 2.05) is 33.3 Å². The molecule has 1 aliphatic rings. The standard InChI is InChI=1S/C19H24N8O2/c1-4-29-18-15(9-22-19(24-18)27-6-5-13(11-27)20-2)17(28)23-14-7-12-10-26(3)25-16(12)21-8-14/h7-10,13,20H,4-6,11H2,1-3H3,(H,23,28). The molecule has 0 bridgehead atoms. The lowest BCUT2D eigenvalue weighted by atomic mass is 10.2. The SMILES string of the molecule is CCOc1nc(N2CCC(NC)C2)ncc1C(=O)Nc1cnc2nn(C)cc2c1. The summed E-state index contributed by atoms with van der Waals surface area (Å²) in [7, 11) is 3.78. The van der Waals surface area contributed by atoms with Crippen LogP contribution in [0.1, 0.15) is 23.7 Å². The number of hydrogen-bond acceptors (Lipinski definition) is 8. The van der Waals surface area contributed by atoms with Gasteiger partial charge in [0, 0.05) is 44.0 Å². The molecule has 152 valence electrons. The van der Waals surface area contributed by atoms with Crippen LogP contribution in [0.3, 0.4) is 0 Å². The van der Waals surface area contributed by atoms with Crippen molar-refractivity contribution in [1.82, 2.24) is 30.0 Å². The van der Waals surface area contributed by atoms with Gasteiger partial charge in [-0.2, -0.15) is 10.1 Å². The molecule has 0 aliphatic carbocycles. The van der Waals surface area contributed by atoms with Gasteiger partial charge in [-0.3, -0.25) is 9.48 Å². The molecule has 1 fully saturated rings. The zero-order chi connectivity index (χ0) is 20.4. The van der Waals surface area contributed by atoms with Crippen LogP contribution in [0.5, 0.6) is 5.88 Å². The van der Waals surface area contributed by atoms with Crippen molar-refractivity contribution in [2.75, 3.05) is 37.0 Å². The maximum atomic E-state index is 12.8. The molecule has 10 nitrogen and oxygen atoms in total. The lowest BCUT2D eigenvalue weighted by molar-refractivity contribution is 0.102. The Morgan fingerprint density at radius 1 is 1.34 bits per heavy atom. The quantitative estimate of drug-likeness (QED) is 0.640. The molecule has 2 N–H and O–H groups in total. The van der Waals surface area contributed by atoms with Crippen LogP contribution in [-0.4, -0.2) is 63.4 Å². The third-order valence-corrected chi connectivity index (χ3v) is 4.88. The van der Waals surface area contributed by atoms with Crippen molar-refractivity contribution in [1.29, 1.82) is 0 Å². The first-order chi connectivity index (χ1) is 14.1. The Labute approximate surface area is 168 Å². The molecule has 0 radical (unpaired) electrons. The van der Waals surface area contributed by atoms with Crippen LogP contribution in [0.2, 0.25) is 0 Å². The summed E-state index contributed by atoms with van der Waals surface area (Å²) in [5.41, 5.74) is 1.48. The maximum Gasteiger partial charge on any atom is 0.262 e. The second-order valence-electron chi connectivity index (χ2n) is 6.94. The van der Waals surface area contributed by atoms with E-state index in [0.717, 1.165) is 24.9 Å². The molecule has 10 heteroatoms. The highest BCUT2D eigenvalue weighted by Gasteiger charge is 2.25. The van der Waals surface area contributed by atoms with E-state index < -0.39 is 0 Å². The number of nitrogens with zero attached hydrogens (tertiary/aromatic N) is 6. The summed E-state index contributed by atoms with van der Waals surface area (Å²) in [6.07, 6.45) is 5.96. The smallest absolute Gasteiger partial charge is 0.262 e. The Balaban J connectivity index is 1.56. The number of likely N-dealkylation sites (N-methyl/N-ethyl adjacent to an activating group) is 1. The monoisotopic (exact) mass is 396 g/mol. The molecule has 3 aromatic heterocycles. The van der Waals surface area contributed by atoms with Crippen molar-refractivity contribution in [2.45, 2.75) is 19.4 Å². The highest BCUT2D eigenvalue weighted by molar-refractivity contribution is 6.06. The minimum Gasteiger partial charge on any atom is -0.477 e. The normalized spacial score (nSPS) is 16.4. The predicted octanol–water partition coefficient (Wildman–Crippen LogP) is 1.21.